The van der Waals surface area contributed by atoms with Gasteiger partial charge in [0.15, 0.2) is 5.11 Å². The normalized spacial score (nSPS) is 10.8. The topological polar surface area (TPSA) is 36.4 Å². The first-order valence-electron chi connectivity index (χ1n) is 7.41. The van der Waals surface area contributed by atoms with Gasteiger partial charge in [-0.05, 0) is 28.6 Å². The first kappa shape index (κ1) is 15.2. The lowest BCUT2D eigenvalue weighted by molar-refractivity contribution is 0.869. The predicted molar refractivity (Wildman–Crippen MR) is 101 cm³/mol. The van der Waals surface area contributed by atoms with Crippen LogP contribution in [-0.4, -0.2) is 11.3 Å². The number of thiocarbonyl (C=S) groups is 1. The Bertz CT molecular complexity index is 823. The minimum Gasteiger partial charge on any atom is -0.357 e. The number of nitrogens with zero attached hydrogens (tertiary/aromatic N) is 1. The first-order chi connectivity index (χ1) is 11.3. The summed E-state index contributed by atoms with van der Waals surface area (Å²) in [5, 5.41) is 10.2. The molecule has 2 N–H and O–H groups in total. The second-order valence-corrected chi connectivity index (χ2v) is 5.51. The lowest BCUT2D eigenvalue weighted by atomic mass is 10.1. The van der Waals surface area contributed by atoms with Crippen LogP contribution < -0.4 is 10.7 Å². The fraction of sp³-hybridized carbons (Fsp3) is 0.0526. The highest BCUT2D eigenvalue weighted by atomic mass is 32.1. The lowest BCUT2D eigenvalue weighted by Gasteiger charge is -2.07. The molecule has 0 saturated heterocycles. The molecule has 0 aliphatic rings. The van der Waals surface area contributed by atoms with Crippen LogP contribution in [0, 0.1) is 0 Å². The predicted octanol–water partition coefficient (Wildman–Crippen LogP) is 3.84. The summed E-state index contributed by atoms with van der Waals surface area (Å²) >= 11 is 5.23. The van der Waals surface area contributed by atoms with Crippen molar-refractivity contribution < 1.29 is 0 Å². The molecule has 0 saturated carbocycles. The molecule has 3 rings (SSSR count). The average Bonchev–Trinajstić information content (AvgIpc) is 2.61. The fourth-order valence-corrected chi connectivity index (χ4v) is 2.47. The van der Waals surface area contributed by atoms with Crippen LogP contribution in [0.3, 0.4) is 0 Å². The molecule has 0 bridgehead atoms. The molecule has 0 aliphatic heterocycles. The zero-order chi connectivity index (χ0) is 15.9. The van der Waals surface area contributed by atoms with E-state index >= 15 is 0 Å². The summed E-state index contributed by atoms with van der Waals surface area (Å²) in [5.74, 6) is 0. The highest BCUT2D eigenvalue weighted by molar-refractivity contribution is 7.80. The summed E-state index contributed by atoms with van der Waals surface area (Å²) < 4.78 is 0. The van der Waals surface area contributed by atoms with Crippen LogP contribution in [0.2, 0.25) is 0 Å². The van der Waals surface area contributed by atoms with E-state index in [2.05, 4.69) is 46.2 Å². The standard InChI is InChI=1S/C19H17N3S/c23-19(20-13-15-7-2-1-3-8-15)22-21-14-17-11-6-10-16-9-4-5-12-18(16)17/h1-12,14H,13H2,(H2,20,22,23)/b21-14+. The Labute approximate surface area is 141 Å². The molecule has 23 heavy (non-hydrogen) atoms. The van der Waals surface area contributed by atoms with Crippen molar-refractivity contribution in [3.63, 3.8) is 0 Å². The van der Waals surface area contributed by atoms with Crippen LogP contribution >= 0.6 is 12.2 Å². The minimum absolute atomic E-state index is 0.505. The summed E-state index contributed by atoms with van der Waals surface area (Å²) in [6.07, 6.45) is 1.79. The van der Waals surface area contributed by atoms with E-state index in [4.69, 9.17) is 12.2 Å². The van der Waals surface area contributed by atoms with E-state index in [0.29, 0.717) is 11.7 Å². The summed E-state index contributed by atoms with van der Waals surface area (Å²) in [6.45, 7) is 0.677. The number of hydrogen-bond donors (Lipinski definition) is 2. The quantitative estimate of drug-likeness (QED) is 0.436. The van der Waals surface area contributed by atoms with Crippen molar-refractivity contribution in [2.75, 3.05) is 0 Å². The van der Waals surface area contributed by atoms with E-state index in [1.807, 2.05) is 42.5 Å². The Morgan fingerprint density at radius 2 is 1.65 bits per heavy atom. The molecule has 0 aromatic heterocycles. The van der Waals surface area contributed by atoms with Gasteiger partial charge in [-0.3, -0.25) is 5.43 Å². The second-order valence-electron chi connectivity index (χ2n) is 5.11. The second kappa shape index (κ2) is 7.51. The van der Waals surface area contributed by atoms with Gasteiger partial charge >= 0.3 is 0 Å². The maximum atomic E-state index is 5.23. The summed E-state index contributed by atoms with van der Waals surface area (Å²) in [4.78, 5) is 0. The molecular formula is C19H17N3S. The van der Waals surface area contributed by atoms with Crippen molar-refractivity contribution >= 4 is 34.3 Å². The SMILES string of the molecule is S=C(NCc1ccccc1)N/N=C/c1cccc2ccccc12. The zero-order valence-electron chi connectivity index (χ0n) is 12.6. The Morgan fingerprint density at radius 3 is 2.52 bits per heavy atom. The smallest absolute Gasteiger partial charge is 0.187 e. The van der Waals surface area contributed by atoms with Crippen LogP contribution in [0.1, 0.15) is 11.1 Å². The largest absolute Gasteiger partial charge is 0.357 e. The van der Waals surface area contributed by atoms with Gasteiger partial charge in [0.1, 0.15) is 0 Å². The van der Waals surface area contributed by atoms with Crippen LogP contribution in [0.25, 0.3) is 10.8 Å². The van der Waals surface area contributed by atoms with Gasteiger partial charge in [-0.25, -0.2) is 0 Å². The van der Waals surface area contributed by atoms with Gasteiger partial charge < -0.3 is 5.32 Å². The molecule has 3 aromatic rings. The van der Waals surface area contributed by atoms with Gasteiger partial charge in [0.2, 0.25) is 0 Å². The Morgan fingerprint density at radius 1 is 0.913 bits per heavy atom. The number of rotatable bonds is 4. The van der Waals surface area contributed by atoms with Crippen molar-refractivity contribution in [2.24, 2.45) is 5.10 Å². The van der Waals surface area contributed by atoms with Gasteiger partial charge in [0, 0.05) is 12.1 Å². The minimum atomic E-state index is 0.505. The summed E-state index contributed by atoms with van der Waals surface area (Å²) in [6, 6.07) is 24.5. The highest BCUT2D eigenvalue weighted by Crippen LogP contribution is 2.16. The molecular weight excluding hydrogens is 302 g/mol. The van der Waals surface area contributed by atoms with E-state index in [1.54, 1.807) is 6.21 Å². The molecule has 0 aliphatic carbocycles. The summed E-state index contributed by atoms with van der Waals surface area (Å²) in [7, 11) is 0. The Kier molecular flexibility index (Phi) is 4.96. The number of nitrogens with one attached hydrogen (secondary N) is 2. The molecule has 4 heteroatoms. The van der Waals surface area contributed by atoms with Crippen molar-refractivity contribution in [1.29, 1.82) is 0 Å². The van der Waals surface area contributed by atoms with Crippen molar-refractivity contribution in [3.05, 3.63) is 83.9 Å². The molecule has 3 aromatic carbocycles. The molecule has 0 unspecified atom stereocenters. The van der Waals surface area contributed by atoms with Gasteiger partial charge in [-0.1, -0.05) is 72.8 Å². The van der Waals surface area contributed by atoms with Gasteiger partial charge in [-0.15, -0.1) is 0 Å². The average molecular weight is 319 g/mol. The first-order valence-corrected chi connectivity index (χ1v) is 7.82. The Hall–Kier alpha value is -2.72. The maximum absolute atomic E-state index is 5.23. The third-order valence-electron chi connectivity index (χ3n) is 3.49. The summed E-state index contributed by atoms with van der Waals surface area (Å²) in [5.41, 5.74) is 5.09. The Balaban J connectivity index is 1.59. The molecule has 114 valence electrons. The molecule has 0 atom stereocenters. The number of hydrazone groups is 1. The third kappa shape index (κ3) is 4.14. The van der Waals surface area contributed by atoms with Crippen molar-refractivity contribution in [2.45, 2.75) is 6.54 Å². The lowest BCUT2D eigenvalue weighted by Crippen LogP contribution is -2.31. The molecule has 3 nitrogen and oxygen atoms in total. The monoisotopic (exact) mass is 319 g/mol. The zero-order valence-corrected chi connectivity index (χ0v) is 13.4. The molecule has 0 heterocycles. The van der Waals surface area contributed by atoms with E-state index < -0.39 is 0 Å². The number of fused-ring (bicyclic) bond motifs is 1. The van der Waals surface area contributed by atoms with Gasteiger partial charge in [-0.2, -0.15) is 5.10 Å². The molecule has 0 amide bonds. The van der Waals surface area contributed by atoms with Crippen LogP contribution in [0.15, 0.2) is 77.9 Å². The van der Waals surface area contributed by atoms with E-state index in [0.717, 1.165) is 5.56 Å². The fourth-order valence-electron chi connectivity index (χ4n) is 2.34. The van der Waals surface area contributed by atoms with E-state index in [1.165, 1.54) is 16.3 Å². The molecule has 0 fully saturated rings. The van der Waals surface area contributed by atoms with Crippen molar-refractivity contribution in [1.82, 2.24) is 10.7 Å². The van der Waals surface area contributed by atoms with Crippen LogP contribution in [0.5, 0.6) is 0 Å². The van der Waals surface area contributed by atoms with Gasteiger partial charge in [0.25, 0.3) is 0 Å². The van der Waals surface area contributed by atoms with E-state index in [9.17, 15) is 0 Å². The van der Waals surface area contributed by atoms with E-state index in [-0.39, 0.29) is 0 Å². The van der Waals surface area contributed by atoms with Gasteiger partial charge in [0.05, 0.1) is 6.21 Å². The van der Waals surface area contributed by atoms with Crippen LogP contribution in [0.4, 0.5) is 0 Å². The van der Waals surface area contributed by atoms with Crippen molar-refractivity contribution in [3.8, 4) is 0 Å². The molecule has 0 radical (unpaired) electrons. The third-order valence-corrected chi connectivity index (χ3v) is 3.72. The number of benzene rings is 3. The number of hydrogen-bond acceptors (Lipinski definition) is 2. The van der Waals surface area contributed by atoms with Crippen LogP contribution in [-0.2, 0) is 6.54 Å². The molecule has 0 spiro atoms. The highest BCUT2D eigenvalue weighted by Gasteiger charge is 1.97. The maximum Gasteiger partial charge on any atom is 0.187 e.